The van der Waals surface area contributed by atoms with E-state index in [1.807, 2.05) is 11.5 Å². The number of carbonyl (C=O) groups is 1. The van der Waals surface area contributed by atoms with Crippen LogP contribution in [0, 0.1) is 0 Å². The highest BCUT2D eigenvalue weighted by Gasteiger charge is 2.20. The maximum absolute atomic E-state index is 12.4. The normalized spacial score (nSPS) is 11.9. The van der Waals surface area contributed by atoms with Gasteiger partial charge in [0.1, 0.15) is 5.82 Å². The van der Waals surface area contributed by atoms with E-state index in [-0.39, 0.29) is 4.90 Å². The predicted octanol–water partition coefficient (Wildman–Crippen LogP) is 2.76. The molecular weight excluding hydrogens is 366 g/mol. The van der Waals surface area contributed by atoms with Crippen molar-refractivity contribution in [3.05, 3.63) is 48.0 Å². The van der Waals surface area contributed by atoms with Gasteiger partial charge in [0.15, 0.2) is 0 Å². The first-order valence-corrected chi connectivity index (χ1v) is 9.85. The van der Waals surface area contributed by atoms with Crippen LogP contribution in [0.15, 0.2) is 47.4 Å². The van der Waals surface area contributed by atoms with E-state index in [2.05, 4.69) is 4.98 Å². The number of esters is 1. The number of hydrogen-bond acceptors (Lipinski definition) is 5. The molecule has 3 rings (SSSR count). The first-order chi connectivity index (χ1) is 12.8. The topological polar surface area (TPSA) is 81.5 Å². The lowest BCUT2D eigenvalue weighted by Gasteiger charge is -2.11. The van der Waals surface area contributed by atoms with Gasteiger partial charge in [-0.15, -0.1) is 0 Å². The summed E-state index contributed by atoms with van der Waals surface area (Å²) in [7, 11) is 0.808. The van der Waals surface area contributed by atoms with Gasteiger partial charge in [-0.2, -0.15) is 0 Å². The Labute approximate surface area is 158 Å². The molecule has 0 aliphatic rings. The van der Waals surface area contributed by atoms with Crippen molar-refractivity contribution in [2.45, 2.75) is 18.4 Å². The van der Waals surface area contributed by atoms with Gasteiger partial charge < -0.3 is 9.30 Å². The van der Waals surface area contributed by atoms with Gasteiger partial charge >= 0.3 is 5.97 Å². The third-order valence-electron chi connectivity index (χ3n) is 4.38. The summed E-state index contributed by atoms with van der Waals surface area (Å²) < 4.78 is 32.7. The second-order valence-electron chi connectivity index (χ2n) is 6.19. The van der Waals surface area contributed by atoms with E-state index < -0.39 is 16.0 Å². The largest absolute Gasteiger partial charge is 0.465 e. The Morgan fingerprint density at radius 3 is 2.37 bits per heavy atom. The zero-order chi connectivity index (χ0) is 19.8. The molecule has 0 saturated carbocycles. The molecule has 3 aromatic rings. The Balaban J connectivity index is 2.12. The number of hydrogen-bond donors (Lipinski definition) is 0. The average Bonchev–Trinajstić information content (AvgIpc) is 3.05. The van der Waals surface area contributed by atoms with Crippen LogP contribution in [0.3, 0.4) is 0 Å². The Kier molecular flexibility index (Phi) is 5.03. The van der Waals surface area contributed by atoms with Crippen LogP contribution in [0.2, 0.25) is 0 Å². The molecule has 0 atom stereocenters. The molecule has 0 radical (unpaired) electrons. The molecule has 1 aromatic heterocycles. The van der Waals surface area contributed by atoms with Gasteiger partial charge in [0.05, 0.1) is 28.6 Å². The zero-order valence-electron chi connectivity index (χ0n) is 15.6. The van der Waals surface area contributed by atoms with Crippen molar-refractivity contribution in [3.63, 3.8) is 0 Å². The fourth-order valence-electron chi connectivity index (χ4n) is 2.89. The molecule has 0 spiro atoms. The predicted molar refractivity (Wildman–Crippen MR) is 103 cm³/mol. The molecule has 8 heteroatoms. The fourth-order valence-corrected chi connectivity index (χ4v) is 3.82. The molecule has 2 aromatic carbocycles. The summed E-state index contributed by atoms with van der Waals surface area (Å²) in [5.74, 6) is 0.312. The first kappa shape index (κ1) is 19.1. The van der Waals surface area contributed by atoms with Crippen LogP contribution in [-0.4, -0.2) is 49.4 Å². The van der Waals surface area contributed by atoms with Gasteiger partial charge in [-0.25, -0.2) is 22.5 Å². The van der Waals surface area contributed by atoms with E-state index in [1.165, 1.54) is 25.5 Å². The van der Waals surface area contributed by atoms with Crippen molar-refractivity contribution >= 4 is 27.0 Å². The number of sulfonamides is 1. The Morgan fingerprint density at radius 1 is 1.15 bits per heavy atom. The molecule has 7 nitrogen and oxygen atoms in total. The van der Waals surface area contributed by atoms with Crippen molar-refractivity contribution in [1.29, 1.82) is 0 Å². The fraction of sp³-hybridized carbons (Fsp3) is 0.263. The van der Waals surface area contributed by atoms with Crippen LogP contribution >= 0.6 is 0 Å². The number of ether oxygens (including phenoxy) is 1. The number of carbonyl (C=O) groups excluding carboxylic acids is 1. The van der Waals surface area contributed by atoms with Crippen molar-refractivity contribution in [2.75, 3.05) is 21.2 Å². The maximum atomic E-state index is 12.4. The van der Waals surface area contributed by atoms with Gasteiger partial charge in [-0.05, 0) is 37.3 Å². The van der Waals surface area contributed by atoms with Crippen LogP contribution in [0.1, 0.15) is 17.3 Å². The van der Waals surface area contributed by atoms with E-state index in [0.717, 1.165) is 11.1 Å². The number of methoxy groups -OCH3 is 1. The number of benzene rings is 2. The molecule has 27 heavy (non-hydrogen) atoms. The van der Waals surface area contributed by atoms with Gasteiger partial charge in [-0.3, -0.25) is 0 Å². The quantitative estimate of drug-likeness (QED) is 0.629. The second-order valence-corrected chi connectivity index (χ2v) is 8.34. The molecule has 142 valence electrons. The minimum absolute atomic E-state index is 0.202. The third-order valence-corrected chi connectivity index (χ3v) is 6.19. The summed E-state index contributed by atoms with van der Waals surface area (Å²) in [4.78, 5) is 16.5. The Morgan fingerprint density at radius 2 is 1.81 bits per heavy atom. The third kappa shape index (κ3) is 3.33. The first-order valence-electron chi connectivity index (χ1n) is 8.41. The van der Waals surface area contributed by atoms with Crippen molar-refractivity contribution < 1.29 is 17.9 Å². The lowest BCUT2D eigenvalue weighted by Crippen LogP contribution is -2.22. The maximum Gasteiger partial charge on any atom is 0.337 e. The summed E-state index contributed by atoms with van der Waals surface area (Å²) in [6.45, 7) is 2.67. The molecule has 0 aliphatic heterocycles. The van der Waals surface area contributed by atoms with Gasteiger partial charge in [0, 0.05) is 26.2 Å². The minimum Gasteiger partial charge on any atom is -0.465 e. The number of fused-ring (bicyclic) bond motifs is 1. The highest BCUT2D eigenvalue weighted by Crippen LogP contribution is 2.27. The molecule has 0 saturated heterocycles. The SMILES string of the molecule is CCn1c(-c2ccc(C(=O)OC)cc2)nc2cc(S(=O)(=O)N(C)C)ccc21. The van der Waals surface area contributed by atoms with E-state index >= 15 is 0 Å². The van der Waals surface area contributed by atoms with Crippen LogP contribution in [0.4, 0.5) is 0 Å². The van der Waals surface area contributed by atoms with Crippen molar-refractivity contribution in [3.8, 4) is 11.4 Å². The van der Waals surface area contributed by atoms with E-state index in [4.69, 9.17) is 4.74 Å². The molecule has 0 bridgehead atoms. The van der Waals surface area contributed by atoms with Crippen LogP contribution in [0.25, 0.3) is 22.4 Å². The molecule has 0 fully saturated rings. The highest BCUT2D eigenvalue weighted by atomic mass is 32.2. The number of aromatic nitrogens is 2. The number of rotatable bonds is 5. The molecular formula is C19H21N3O4S. The van der Waals surface area contributed by atoms with Crippen molar-refractivity contribution in [2.24, 2.45) is 0 Å². The van der Waals surface area contributed by atoms with Gasteiger partial charge in [0.25, 0.3) is 0 Å². The average molecular weight is 387 g/mol. The molecule has 1 heterocycles. The standard InChI is InChI=1S/C19H21N3O4S/c1-5-22-17-11-10-15(27(24,25)21(2)3)12-16(17)20-18(22)13-6-8-14(9-7-13)19(23)26-4/h6-12H,5H2,1-4H3. The smallest absolute Gasteiger partial charge is 0.337 e. The molecule has 0 aliphatic carbocycles. The lowest BCUT2D eigenvalue weighted by molar-refractivity contribution is 0.0600. The molecule has 0 N–H and O–H groups in total. The summed E-state index contributed by atoms with van der Waals surface area (Å²) in [6.07, 6.45) is 0. The summed E-state index contributed by atoms with van der Waals surface area (Å²) in [6, 6.07) is 11.9. The minimum atomic E-state index is -3.53. The lowest BCUT2D eigenvalue weighted by atomic mass is 10.1. The zero-order valence-corrected chi connectivity index (χ0v) is 16.4. The van der Waals surface area contributed by atoms with E-state index in [0.29, 0.717) is 23.4 Å². The van der Waals surface area contributed by atoms with Crippen LogP contribution in [0.5, 0.6) is 0 Å². The van der Waals surface area contributed by atoms with Crippen LogP contribution in [-0.2, 0) is 21.3 Å². The molecule has 0 unspecified atom stereocenters. The number of nitrogens with zero attached hydrogens (tertiary/aromatic N) is 3. The van der Waals surface area contributed by atoms with Crippen LogP contribution < -0.4 is 0 Å². The Hall–Kier alpha value is -2.71. The Bertz CT molecular complexity index is 1100. The summed E-state index contributed by atoms with van der Waals surface area (Å²) in [5, 5.41) is 0. The number of aryl methyl sites for hydroxylation is 1. The monoisotopic (exact) mass is 387 g/mol. The summed E-state index contributed by atoms with van der Waals surface area (Å²) in [5.41, 5.74) is 2.74. The summed E-state index contributed by atoms with van der Waals surface area (Å²) >= 11 is 0. The molecule has 0 amide bonds. The van der Waals surface area contributed by atoms with E-state index in [1.54, 1.807) is 42.5 Å². The number of imidazole rings is 1. The van der Waals surface area contributed by atoms with Crippen molar-refractivity contribution in [1.82, 2.24) is 13.9 Å². The highest BCUT2D eigenvalue weighted by molar-refractivity contribution is 7.89. The van der Waals surface area contributed by atoms with Gasteiger partial charge in [-0.1, -0.05) is 12.1 Å². The second kappa shape index (κ2) is 7.13. The van der Waals surface area contributed by atoms with Gasteiger partial charge in [0.2, 0.25) is 10.0 Å². The van der Waals surface area contributed by atoms with E-state index in [9.17, 15) is 13.2 Å².